The molecule has 0 spiro atoms. The Morgan fingerprint density at radius 1 is 1.44 bits per heavy atom. The van der Waals surface area contributed by atoms with Crippen LogP contribution in [0, 0.1) is 5.82 Å². The van der Waals surface area contributed by atoms with Crippen molar-refractivity contribution >= 4 is 9.84 Å². The Balaban J connectivity index is 2.58. The summed E-state index contributed by atoms with van der Waals surface area (Å²) in [6.45, 7) is 1.50. The fraction of sp³-hybridized carbons (Fsp3) is 0.500. The van der Waals surface area contributed by atoms with Gasteiger partial charge in [-0.15, -0.1) is 0 Å². The van der Waals surface area contributed by atoms with E-state index in [1.54, 1.807) is 6.07 Å². The molecule has 1 N–H and O–H groups in total. The molecule has 0 bridgehead atoms. The highest BCUT2D eigenvalue weighted by atomic mass is 32.2. The van der Waals surface area contributed by atoms with Crippen LogP contribution >= 0.6 is 0 Å². The van der Waals surface area contributed by atoms with Gasteiger partial charge in [-0.3, -0.25) is 0 Å². The molecule has 0 radical (unpaired) electrons. The van der Waals surface area contributed by atoms with Crippen molar-refractivity contribution in [3.8, 4) is 5.75 Å². The third-order valence-corrected chi connectivity index (χ3v) is 4.30. The number of benzene rings is 1. The van der Waals surface area contributed by atoms with Crippen LogP contribution in [0.3, 0.4) is 0 Å². The van der Waals surface area contributed by atoms with Crippen molar-refractivity contribution in [1.82, 2.24) is 5.32 Å². The first-order valence-electron chi connectivity index (χ1n) is 5.72. The molecule has 2 rings (SSSR count). The van der Waals surface area contributed by atoms with Crippen LogP contribution in [0.1, 0.15) is 17.9 Å². The normalized spacial score (nSPS) is 20.1. The SMILES string of the molecule is COc1ccc(C2CCNC2)c(F)c1S(C)(=O)=O. The number of hydrogen-bond acceptors (Lipinski definition) is 4. The minimum Gasteiger partial charge on any atom is -0.495 e. The largest absolute Gasteiger partial charge is 0.495 e. The highest BCUT2D eigenvalue weighted by molar-refractivity contribution is 7.90. The van der Waals surface area contributed by atoms with Crippen molar-refractivity contribution in [1.29, 1.82) is 0 Å². The summed E-state index contributed by atoms with van der Waals surface area (Å²) < 4.78 is 42.6. The molecule has 6 heteroatoms. The van der Waals surface area contributed by atoms with E-state index in [-0.39, 0.29) is 16.6 Å². The number of hydrogen-bond donors (Lipinski definition) is 1. The average Bonchev–Trinajstić information content (AvgIpc) is 2.80. The topological polar surface area (TPSA) is 55.4 Å². The van der Waals surface area contributed by atoms with Crippen molar-refractivity contribution in [2.24, 2.45) is 0 Å². The summed E-state index contributed by atoms with van der Waals surface area (Å²) in [4.78, 5) is -0.339. The fourth-order valence-corrected chi connectivity index (χ4v) is 3.26. The van der Waals surface area contributed by atoms with Crippen molar-refractivity contribution in [2.75, 3.05) is 26.5 Å². The molecule has 1 aromatic carbocycles. The smallest absolute Gasteiger partial charge is 0.182 e. The number of nitrogens with one attached hydrogen (secondary N) is 1. The van der Waals surface area contributed by atoms with Crippen LogP contribution in [0.25, 0.3) is 0 Å². The highest BCUT2D eigenvalue weighted by Crippen LogP contribution is 2.34. The number of halogens is 1. The standard InChI is InChI=1S/C12H16FNO3S/c1-17-10-4-3-9(8-5-6-14-7-8)11(13)12(10)18(2,15)16/h3-4,8,14H,5-7H2,1-2H3. The Hall–Kier alpha value is -1.14. The van der Waals surface area contributed by atoms with Gasteiger partial charge in [-0.1, -0.05) is 6.07 Å². The van der Waals surface area contributed by atoms with Gasteiger partial charge in [-0.25, -0.2) is 12.8 Å². The summed E-state index contributed by atoms with van der Waals surface area (Å²) in [5, 5.41) is 3.14. The Kier molecular flexibility index (Phi) is 3.59. The lowest BCUT2D eigenvalue weighted by molar-refractivity contribution is 0.393. The molecule has 0 aliphatic carbocycles. The molecule has 0 amide bonds. The van der Waals surface area contributed by atoms with Gasteiger partial charge in [0.05, 0.1) is 7.11 Å². The molecule has 0 aromatic heterocycles. The van der Waals surface area contributed by atoms with E-state index in [4.69, 9.17) is 4.74 Å². The predicted molar refractivity (Wildman–Crippen MR) is 66.3 cm³/mol. The highest BCUT2D eigenvalue weighted by Gasteiger charge is 2.27. The maximum Gasteiger partial charge on any atom is 0.182 e. The summed E-state index contributed by atoms with van der Waals surface area (Å²) in [6.07, 6.45) is 1.80. The second-order valence-corrected chi connectivity index (χ2v) is 6.41. The van der Waals surface area contributed by atoms with E-state index in [0.717, 1.165) is 19.2 Å². The average molecular weight is 273 g/mol. The number of sulfone groups is 1. The lowest BCUT2D eigenvalue weighted by Crippen LogP contribution is -2.12. The van der Waals surface area contributed by atoms with Crippen LogP contribution in [0.2, 0.25) is 0 Å². The van der Waals surface area contributed by atoms with Crippen molar-refractivity contribution < 1.29 is 17.5 Å². The molecule has 1 unspecified atom stereocenters. The van der Waals surface area contributed by atoms with Crippen molar-refractivity contribution in [2.45, 2.75) is 17.2 Å². The minimum absolute atomic E-state index is 0.0245. The van der Waals surface area contributed by atoms with Gasteiger partial charge in [-0.2, -0.15) is 0 Å². The molecule has 100 valence electrons. The van der Waals surface area contributed by atoms with Gasteiger partial charge < -0.3 is 10.1 Å². The first-order valence-corrected chi connectivity index (χ1v) is 7.61. The molecular weight excluding hydrogens is 257 g/mol. The first-order chi connectivity index (χ1) is 8.45. The maximum absolute atomic E-state index is 14.4. The quantitative estimate of drug-likeness (QED) is 0.902. The molecular formula is C12H16FNO3S. The molecule has 1 aliphatic heterocycles. The van der Waals surface area contributed by atoms with Gasteiger partial charge >= 0.3 is 0 Å². The zero-order chi connectivity index (χ0) is 13.3. The summed E-state index contributed by atoms with van der Waals surface area (Å²) in [5.74, 6) is -0.591. The molecule has 1 aliphatic rings. The summed E-state index contributed by atoms with van der Waals surface area (Å²) in [7, 11) is -2.32. The zero-order valence-electron chi connectivity index (χ0n) is 10.4. The molecule has 1 atom stereocenters. The van der Waals surface area contributed by atoms with Crippen LogP contribution in [-0.2, 0) is 9.84 Å². The van der Waals surface area contributed by atoms with E-state index < -0.39 is 15.7 Å². The van der Waals surface area contributed by atoms with E-state index in [1.165, 1.54) is 13.2 Å². The minimum atomic E-state index is -3.65. The van der Waals surface area contributed by atoms with Crippen molar-refractivity contribution in [3.05, 3.63) is 23.5 Å². The first kappa shape index (κ1) is 13.3. The molecule has 0 saturated carbocycles. The van der Waals surface area contributed by atoms with Crippen LogP contribution in [-0.4, -0.2) is 34.9 Å². The van der Waals surface area contributed by atoms with Crippen LogP contribution in [0.4, 0.5) is 4.39 Å². The van der Waals surface area contributed by atoms with Gasteiger partial charge in [0.1, 0.15) is 16.5 Å². The lowest BCUT2D eigenvalue weighted by atomic mass is 9.98. The van der Waals surface area contributed by atoms with Gasteiger partial charge in [-0.05, 0) is 24.6 Å². The van der Waals surface area contributed by atoms with E-state index in [0.29, 0.717) is 12.1 Å². The number of rotatable bonds is 3. The molecule has 4 nitrogen and oxygen atoms in total. The predicted octanol–water partition coefficient (Wildman–Crippen LogP) is 1.31. The van der Waals surface area contributed by atoms with Crippen LogP contribution < -0.4 is 10.1 Å². The van der Waals surface area contributed by atoms with Gasteiger partial charge in [0.15, 0.2) is 9.84 Å². The maximum atomic E-state index is 14.4. The van der Waals surface area contributed by atoms with Gasteiger partial charge in [0.2, 0.25) is 0 Å². The molecule has 1 heterocycles. The molecule has 1 aromatic rings. The third kappa shape index (κ3) is 2.35. The molecule has 1 fully saturated rings. The van der Waals surface area contributed by atoms with E-state index in [2.05, 4.69) is 5.32 Å². The Labute approximate surface area is 106 Å². The van der Waals surface area contributed by atoms with Crippen molar-refractivity contribution in [3.63, 3.8) is 0 Å². The second-order valence-electron chi connectivity index (χ2n) is 4.46. The summed E-state index contributed by atoms with van der Waals surface area (Å²) in [6, 6.07) is 3.13. The summed E-state index contributed by atoms with van der Waals surface area (Å²) >= 11 is 0. The Morgan fingerprint density at radius 3 is 2.67 bits per heavy atom. The van der Waals surface area contributed by atoms with E-state index in [1.807, 2.05) is 0 Å². The summed E-state index contributed by atoms with van der Waals surface area (Å²) in [5.41, 5.74) is 0.446. The molecule has 1 saturated heterocycles. The molecule has 18 heavy (non-hydrogen) atoms. The number of ether oxygens (including phenoxy) is 1. The lowest BCUT2D eigenvalue weighted by Gasteiger charge is -2.15. The fourth-order valence-electron chi connectivity index (χ4n) is 2.30. The monoisotopic (exact) mass is 273 g/mol. The Bertz CT molecular complexity index is 551. The van der Waals surface area contributed by atoms with E-state index >= 15 is 0 Å². The van der Waals surface area contributed by atoms with Gasteiger partial charge in [0.25, 0.3) is 0 Å². The second kappa shape index (κ2) is 4.85. The zero-order valence-corrected chi connectivity index (χ0v) is 11.2. The Morgan fingerprint density at radius 2 is 2.17 bits per heavy atom. The van der Waals surface area contributed by atoms with Crippen LogP contribution in [0.15, 0.2) is 17.0 Å². The number of methoxy groups -OCH3 is 1. The third-order valence-electron chi connectivity index (χ3n) is 3.18. The van der Waals surface area contributed by atoms with E-state index in [9.17, 15) is 12.8 Å². The van der Waals surface area contributed by atoms with Gasteiger partial charge in [0, 0.05) is 18.7 Å². The van der Waals surface area contributed by atoms with Crippen LogP contribution in [0.5, 0.6) is 5.75 Å².